The second-order valence-corrected chi connectivity index (χ2v) is 8.88. The number of likely N-dealkylation sites (N-methyl/N-ethyl adjacent to an activating group) is 1. The van der Waals surface area contributed by atoms with E-state index in [2.05, 4.69) is 51.8 Å². The Hall–Kier alpha value is -1.11. The monoisotopic (exact) mass is 391 g/mol. The molecular weight excluding hydrogens is 354 g/mol. The van der Waals surface area contributed by atoms with E-state index in [0.717, 1.165) is 38.7 Å². The molecule has 27 heavy (non-hydrogen) atoms. The van der Waals surface area contributed by atoms with Gasteiger partial charge in [-0.2, -0.15) is 0 Å². The molecule has 152 valence electrons. The van der Waals surface area contributed by atoms with Crippen LogP contribution in [-0.4, -0.2) is 67.6 Å². The molecule has 2 aliphatic rings. The molecular formula is C21H37N5S. The molecule has 2 atom stereocenters. The number of likely N-dealkylation sites (tertiary alicyclic amines) is 2. The molecule has 3 rings (SSSR count). The van der Waals surface area contributed by atoms with Gasteiger partial charge in [0.05, 0.1) is 0 Å². The van der Waals surface area contributed by atoms with E-state index in [1.807, 2.05) is 11.3 Å². The molecule has 2 N–H and O–H groups in total. The standard InChI is InChI=1S/C21H37N5S/c1-3-22-21(24-15-19-9-6-12-26(19)4-2)23-14-18-8-5-11-25(16-18)17-20-10-7-13-27-20/h7,10,13,18-19H,3-6,8-9,11-12,14-17H2,1-2H3,(H2,22,23,24). The van der Waals surface area contributed by atoms with Crippen LogP contribution in [0.15, 0.2) is 22.5 Å². The lowest BCUT2D eigenvalue weighted by molar-refractivity contribution is 0.172. The van der Waals surface area contributed by atoms with E-state index in [9.17, 15) is 0 Å². The Labute approximate surface area is 169 Å². The number of aliphatic imine (C=N–C) groups is 1. The molecule has 0 radical (unpaired) electrons. The van der Waals surface area contributed by atoms with Crippen LogP contribution in [0.1, 0.15) is 44.4 Å². The van der Waals surface area contributed by atoms with E-state index in [-0.39, 0.29) is 0 Å². The van der Waals surface area contributed by atoms with E-state index in [0.29, 0.717) is 12.0 Å². The summed E-state index contributed by atoms with van der Waals surface area (Å²) in [6, 6.07) is 5.07. The Kier molecular flexibility index (Phi) is 8.42. The van der Waals surface area contributed by atoms with Gasteiger partial charge in [0, 0.05) is 43.6 Å². The highest BCUT2D eigenvalue weighted by Gasteiger charge is 2.23. The molecule has 5 nitrogen and oxygen atoms in total. The quantitative estimate of drug-likeness (QED) is 0.528. The lowest BCUT2D eigenvalue weighted by Crippen LogP contribution is -2.45. The van der Waals surface area contributed by atoms with E-state index in [1.165, 1.54) is 50.2 Å². The molecule has 1 aromatic rings. The number of hydrogen-bond acceptors (Lipinski definition) is 4. The van der Waals surface area contributed by atoms with Crippen molar-refractivity contribution in [1.82, 2.24) is 20.4 Å². The molecule has 0 aliphatic carbocycles. The van der Waals surface area contributed by atoms with Crippen LogP contribution < -0.4 is 10.6 Å². The third kappa shape index (κ3) is 6.47. The second-order valence-electron chi connectivity index (χ2n) is 7.85. The Balaban J connectivity index is 1.46. The molecule has 0 aromatic carbocycles. The Morgan fingerprint density at radius 3 is 2.89 bits per heavy atom. The van der Waals surface area contributed by atoms with E-state index in [4.69, 9.17) is 4.99 Å². The van der Waals surface area contributed by atoms with Crippen LogP contribution in [0.2, 0.25) is 0 Å². The maximum absolute atomic E-state index is 4.93. The number of thiophene rings is 1. The van der Waals surface area contributed by atoms with Crippen molar-refractivity contribution in [2.45, 2.75) is 52.1 Å². The third-order valence-corrected chi connectivity index (χ3v) is 6.69. The van der Waals surface area contributed by atoms with Crippen molar-refractivity contribution in [2.75, 3.05) is 45.8 Å². The number of rotatable bonds is 8. The number of nitrogens with zero attached hydrogens (tertiary/aromatic N) is 3. The van der Waals surface area contributed by atoms with Crippen molar-refractivity contribution in [2.24, 2.45) is 10.9 Å². The van der Waals surface area contributed by atoms with Gasteiger partial charge in [0.2, 0.25) is 0 Å². The molecule has 0 amide bonds. The summed E-state index contributed by atoms with van der Waals surface area (Å²) in [4.78, 5) is 11.6. The van der Waals surface area contributed by atoms with Gasteiger partial charge in [-0.25, -0.2) is 0 Å². The van der Waals surface area contributed by atoms with Gasteiger partial charge in [-0.1, -0.05) is 13.0 Å². The van der Waals surface area contributed by atoms with Gasteiger partial charge in [-0.3, -0.25) is 14.8 Å². The molecule has 0 bridgehead atoms. The summed E-state index contributed by atoms with van der Waals surface area (Å²) in [6.07, 6.45) is 5.23. The van der Waals surface area contributed by atoms with Gasteiger partial charge < -0.3 is 10.6 Å². The largest absolute Gasteiger partial charge is 0.357 e. The van der Waals surface area contributed by atoms with Gasteiger partial charge in [-0.05, 0) is 69.6 Å². The highest BCUT2D eigenvalue weighted by Crippen LogP contribution is 2.20. The zero-order valence-electron chi connectivity index (χ0n) is 17.1. The first-order valence-corrected chi connectivity index (χ1v) is 11.7. The van der Waals surface area contributed by atoms with Crippen LogP contribution in [-0.2, 0) is 6.54 Å². The molecule has 6 heteroatoms. The van der Waals surface area contributed by atoms with E-state index >= 15 is 0 Å². The average molecular weight is 392 g/mol. The summed E-state index contributed by atoms with van der Waals surface area (Å²) < 4.78 is 0. The predicted octanol–water partition coefficient (Wildman–Crippen LogP) is 3.00. The lowest BCUT2D eigenvalue weighted by Gasteiger charge is -2.31. The fourth-order valence-corrected chi connectivity index (χ4v) is 5.13. The minimum atomic E-state index is 0.662. The Bertz CT molecular complexity index is 559. The van der Waals surface area contributed by atoms with Gasteiger partial charge in [-0.15, -0.1) is 11.3 Å². The van der Waals surface area contributed by atoms with Crippen LogP contribution in [0.4, 0.5) is 0 Å². The van der Waals surface area contributed by atoms with Crippen molar-refractivity contribution < 1.29 is 0 Å². The molecule has 2 saturated heterocycles. The summed E-state index contributed by atoms with van der Waals surface area (Å²) in [5, 5.41) is 9.21. The number of guanidine groups is 1. The normalized spacial score (nSPS) is 25.0. The van der Waals surface area contributed by atoms with Crippen molar-refractivity contribution in [3.63, 3.8) is 0 Å². The first-order chi connectivity index (χ1) is 13.3. The van der Waals surface area contributed by atoms with Crippen molar-refractivity contribution in [3.05, 3.63) is 22.4 Å². The minimum Gasteiger partial charge on any atom is -0.357 e. The molecule has 0 saturated carbocycles. The Morgan fingerprint density at radius 1 is 1.22 bits per heavy atom. The van der Waals surface area contributed by atoms with Crippen LogP contribution in [0.5, 0.6) is 0 Å². The van der Waals surface area contributed by atoms with Gasteiger partial charge in [0.15, 0.2) is 5.96 Å². The average Bonchev–Trinajstić information content (AvgIpc) is 3.36. The van der Waals surface area contributed by atoms with Gasteiger partial charge in [0.1, 0.15) is 0 Å². The van der Waals surface area contributed by atoms with Crippen LogP contribution >= 0.6 is 11.3 Å². The molecule has 2 fully saturated rings. The number of nitrogens with one attached hydrogen (secondary N) is 2. The summed E-state index contributed by atoms with van der Waals surface area (Å²) in [5.74, 6) is 1.67. The van der Waals surface area contributed by atoms with Crippen LogP contribution in [0.3, 0.4) is 0 Å². The van der Waals surface area contributed by atoms with E-state index < -0.39 is 0 Å². The first-order valence-electron chi connectivity index (χ1n) is 10.8. The topological polar surface area (TPSA) is 42.9 Å². The molecule has 1 aromatic heterocycles. The van der Waals surface area contributed by atoms with Crippen molar-refractivity contribution in [1.29, 1.82) is 0 Å². The lowest BCUT2D eigenvalue weighted by atomic mass is 9.98. The maximum atomic E-state index is 4.93. The van der Waals surface area contributed by atoms with Crippen LogP contribution in [0.25, 0.3) is 0 Å². The molecule has 2 aliphatic heterocycles. The van der Waals surface area contributed by atoms with Crippen LogP contribution in [0, 0.1) is 5.92 Å². The highest BCUT2D eigenvalue weighted by molar-refractivity contribution is 7.09. The summed E-state index contributed by atoms with van der Waals surface area (Å²) in [7, 11) is 0. The van der Waals surface area contributed by atoms with Crippen molar-refractivity contribution in [3.8, 4) is 0 Å². The molecule has 3 heterocycles. The van der Waals surface area contributed by atoms with E-state index in [1.54, 1.807) is 0 Å². The molecule has 2 unspecified atom stereocenters. The summed E-state index contributed by atoms with van der Waals surface area (Å²) >= 11 is 1.87. The highest BCUT2D eigenvalue weighted by atomic mass is 32.1. The Morgan fingerprint density at radius 2 is 2.11 bits per heavy atom. The van der Waals surface area contributed by atoms with Gasteiger partial charge >= 0.3 is 0 Å². The number of hydrogen-bond donors (Lipinski definition) is 2. The second kappa shape index (κ2) is 11.0. The van der Waals surface area contributed by atoms with Crippen molar-refractivity contribution >= 4 is 17.3 Å². The fourth-order valence-electron chi connectivity index (χ4n) is 4.39. The zero-order valence-corrected chi connectivity index (χ0v) is 17.9. The first kappa shape index (κ1) is 20.6. The fraction of sp³-hybridized carbons (Fsp3) is 0.762. The molecule has 0 spiro atoms. The zero-order chi connectivity index (χ0) is 18.9. The number of piperidine rings is 1. The summed E-state index contributed by atoms with van der Waals surface area (Å²) in [6.45, 7) is 13.2. The smallest absolute Gasteiger partial charge is 0.191 e. The summed E-state index contributed by atoms with van der Waals surface area (Å²) in [5.41, 5.74) is 0. The third-order valence-electron chi connectivity index (χ3n) is 5.82. The minimum absolute atomic E-state index is 0.662. The predicted molar refractivity (Wildman–Crippen MR) is 117 cm³/mol. The maximum Gasteiger partial charge on any atom is 0.191 e. The van der Waals surface area contributed by atoms with Gasteiger partial charge in [0.25, 0.3) is 0 Å². The SMILES string of the molecule is CCNC(=NCC1CCCN(Cc2cccs2)C1)NCC1CCCN1CC.